The Morgan fingerprint density at radius 1 is 1.40 bits per heavy atom. The number of hydrogen-bond donors (Lipinski definition) is 1. The number of rotatable bonds is 7. The summed E-state index contributed by atoms with van der Waals surface area (Å²) in [7, 11) is 1.60. The van der Waals surface area contributed by atoms with E-state index in [2.05, 4.69) is 41.2 Å². The fourth-order valence-electron chi connectivity index (χ4n) is 1.73. The van der Waals surface area contributed by atoms with Crippen LogP contribution in [0.2, 0.25) is 0 Å². The molecule has 0 aliphatic carbocycles. The summed E-state index contributed by atoms with van der Waals surface area (Å²) >= 11 is 3.52. The first-order chi connectivity index (χ1) is 9.45. The summed E-state index contributed by atoms with van der Waals surface area (Å²) in [6.07, 6.45) is 0. The van der Waals surface area contributed by atoms with Gasteiger partial charge in [0.25, 0.3) is 5.91 Å². The first kappa shape index (κ1) is 17.0. The summed E-state index contributed by atoms with van der Waals surface area (Å²) in [5.41, 5.74) is 2.18. The normalized spacial score (nSPS) is 10.7. The summed E-state index contributed by atoms with van der Waals surface area (Å²) in [4.78, 5) is 11.6. The molecule has 0 radical (unpaired) electrons. The minimum Gasteiger partial charge on any atom is -0.483 e. The standard InChI is InChI=1S/C15H22BrNO3/c1-10(2)12-8-13(16)11(3)7-14(12)20-9-15(18)17-5-6-19-4/h7-8,10H,5-6,9H2,1-4H3,(H,17,18). The van der Waals surface area contributed by atoms with E-state index in [9.17, 15) is 4.79 Å². The zero-order chi connectivity index (χ0) is 15.1. The summed E-state index contributed by atoms with van der Waals surface area (Å²) in [6, 6.07) is 4.01. The highest BCUT2D eigenvalue weighted by atomic mass is 79.9. The first-order valence-electron chi connectivity index (χ1n) is 6.64. The Morgan fingerprint density at radius 2 is 2.10 bits per heavy atom. The third kappa shape index (κ3) is 5.13. The minimum absolute atomic E-state index is 0.0184. The van der Waals surface area contributed by atoms with Gasteiger partial charge >= 0.3 is 0 Å². The van der Waals surface area contributed by atoms with Gasteiger partial charge in [-0.15, -0.1) is 0 Å². The van der Waals surface area contributed by atoms with Crippen molar-refractivity contribution in [3.05, 3.63) is 27.7 Å². The third-order valence-electron chi connectivity index (χ3n) is 2.90. The number of methoxy groups -OCH3 is 1. The topological polar surface area (TPSA) is 47.6 Å². The van der Waals surface area contributed by atoms with Crippen LogP contribution in [0, 0.1) is 6.92 Å². The second-order valence-electron chi connectivity index (χ2n) is 4.93. The van der Waals surface area contributed by atoms with Gasteiger partial charge in [0.15, 0.2) is 6.61 Å². The number of carbonyl (C=O) groups is 1. The van der Waals surface area contributed by atoms with E-state index in [1.807, 2.05) is 13.0 Å². The molecule has 1 amide bonds. The molecule has 1 N–H and O–H groups in total. The van der Waals surface area contributed by atoms with Crippen LogP contribution < -0.4 is 10.1 Å². The highest BCUT2D eigenvalue weighted by Gasteiger charge is 2.12. The summed E-state index contributed by atoms with van der Waals surface area (Å²) in [5.74, 6) is 0.957. The van der Waals surface area contributed by atoms with Crippen molar-refractivity contribution >= 4 is 21.8 Å². The van der Waals surface area contributed by atoms with Gasteiger partial charge in [0, 0.05) is 18.1 Å². The lowest BCUT2D eigenvalue weighted by Gasteiger charge is -2.16. The van der Waals surface area contributed by atoms with E-state index in [0.717, 1.165) is 21.3 Å². The van der Waals surface area contributed by atoms with E-state index < -0.39 is 0 Å². The van der Waals surface area contributed by atoms with Crippen molar-refractivity contribution in [3.8, 4) is 5.75 Å². The molecule has 5 heteroatoms. The van der Waals surface area contributed by atoms with E-state index in [1.165, 1.54) is 0 Å². The molecular formula is C15H22BrNO3. The van der Waals surface area contributed by atoms with Gasteiger partial charge in [-0.1, -0.05) is 29.8 Å². The Labute approximate surface area is 129 Å². The van der Waals surface area contributed by atoms with Crippen LogP contribution in [0.3, 0.4) is 0 Å². The molecule has 112 valence electrons. The molecule has 20 heavy (non-hydrogen) atoms. The van der Waals surface area contributed by atoms with Crippen LogP contribution in [0.5, 0.6) is 5.75 Å². The lowest BCUT2D eigenvalue weighted by Crippen LogP contribution is -2.31. The minimum atomic E-state index is -0.141. The van der Waals surface area contributed by atoms with Crippen molar-refractivity contribution in [3.63, 3.8) is 0 Å². The third-order valence-corrected chi connectivity index (χ3v) is 3.75. The molecule has 0 aliphatic rings. The van der Waals surface area contributed by atoms with E-state index in [4.69, 9.17) is 9.47 Å². The number of carbonyl (C=O) groups excluding carboxylic acids is 1. The lowest BCUT2D eigenvalue weighted by molar-refractivity contribution is -0.123. The molecule has 0 saturated carbocycles. The SMILES string of the molecule is COCCNC(=O)COc1cc(C)c(Br)cc1C(C)C. The monoisotopic (exact) mass is 343 g/mol. The molecule has 4 nitrogen and oxygen atoms in total. The van der Waals surface area contributed by atoms with E-state index in [1.54, 1.807) is 7.11 Å². The predicted molar refractivity (Wildman–Crippen MR) is 83.3 cm³/mol. The van der Waals surface area contributed by atoms with Crippen LogP contribution in [0.1, 0.15) is 30.9 Å². The Balaban J connectivity index is 2.67. The second-order valence-corrected chi connectivity index (χ2v) is 5.78. The molecule has 0 atom stereocenters. The molecule has 0 aliphatic heterocycles. The number of nitrogens with one attached hydrogen (secondary N) is 1. The van der Waals surface area contributed by atoms with Crippen molar-refractivity contribution in [2.24, 2.45) is 0 Å². The molecule has 0 spiro atoms. The lowest BCUT2D eigenvalue weighted by atomic mass is 10.0. The van der Waals surface area contributed by atoms with Gasteiger partial charge in [-0.25, -0.2) is 0 Å². The van der Waals surface area contributed by atoms with Crippen LogP contribution in [-0.2, 0) is 9.53 Å². The Bertz CT molecular complexity index is 461. The molecule has 0 aromatic heterocycles. The average Bonchev–Trinajstić information content (AvgIpc) is 2.39. The van der Waals surface area contributed by atoms with Crippen molar-refractivity contribution in [2.45, 2.75) is 26.7 Å². The van der Waals surface area contributed by atoms with Gasteiger partial charge in [-0.05, 0) is 36.1 Å². The first-order valence-corrected chi connectivity index (χ1v) is 7.43. The maximum atomic E-state index is 11.6. The molecule has 0 heterocycles. The molecule has 1 aromatic rings. The van der Waals surface area contributed by atoms with Gasteiger partial charge in [0.2, 0.25) is 0 Å². The van der Waals surface area contributed by atoms with Crippen molar-refractivity contribution in [1.29, 1.82) is 0 Å². The van der Waals surface area contributed by atoms with E-state index in [-0.39, 0.29) is 12.5 Å². The van der Waals surface area contributed by atoms with Crippen molar-refractivity contribution in [2.75, 3.05) is 26.9 Å². The summed E-state index contributed by atoms with van der Waals surface area (Å²) in [5, 5.41) is 2.73. The number of amides is 1. The molecule has 1 rings (SSSR count). The molecule has 0 saturated heterocycles. The van der Waals surface area contributed by atoms with E-state index in [0.29, 0.717) is 19.1 Å². The number of hydrogen-bond acceptors (Lipinski definition) is 3. The van der Waals surface area contributed by atoms with Gasteiger partial charge in [0.05, 0.1) is 6.61 Å². The van der Waals surface area contributed by atoms with Gasteiger partial charge in [0.1, 0.15) is 5.75 Å². The molecular weight excluding hydrogens is 322 g/mol. The van der Waals surface area contributed by atoms with Gasteiger partial charge in [-0.2, -0.15) is 0 Å². The molecule has 0 unspecified atom stereocenters. The summed E-state index contributed by atoms with van der Waals surface area (Å²) in [6.45, 7) is 7.21. The Kier molecular flexibility index (Phi) is 7.02. The fraction of sp³-hybridized carbons (Fsp3) is 0.533. The number of aryl methyl sites for hydroxylation is 1. The van der Waals surface area contributed by atoms with E-state index >= 15 is 0 Å². The van der Waals surface area contributed by atoms with Crippen molar-refractivity contribution < 1.29 is 14.3 Å². The molecule has 1 aromatic carbocycles. The van der Waals surface area contributed by atoms with Crippen LogP contribution in [0.4, 0.5) is 0 Å². The van der Waals surface area contributed by atoms with Gasteiger partial charge < -0.3 is 14.8 Å². The van der Waals surface area contributed by atoms with Crippen LogP contribution in [0.15, 0.2) is 16.6 Å². The second kappa shape index (κ2) is 8.27. The van der Waals surface area contributed by atoms with Crippen LogP contribution >= 0.6 is 15.9 Å². The predicted octanol–water partition coefficient (Wildman–Crippen LogP) is 3.02. The maximum absolute atomic E-state index is 11.6. The zero-order valence-electron chi connectivity index (χ0n) is 12.5. The number of benzene rings is 1. The molecule has 0 fully saturated rings. The average molecular weight is 344 g/mol. The summed E-state index contributed by atoms with van der Waals surface area (Å²) < 4.78 is 11.6. The quantitative estimate of drug-likeness (QED) is 0.774. The highest BCUT2D eigenvalue weighted by Crippen LogP contribution is 2.32. The Hall–Kier alpha value is -1.07. The Morgan fingerprint density at radius 3 is 2.70 bits per heavy atom. The number of ether oxygens (including phenoxy) is 2. The largest absolute Gasteiger partial charge is 0.483 e. The number of halogens is 1. The zero-order valence-corrected chi connectivity index (χ0v) is 14.0. The fourth-order valence-corrected chi connectivity index (χ4v) is 2.09. The maximum Gasteiger partial charge on any atom is 0.258 e. The van der Waals surface area contributed by atoms with Gasteiger partial charge in [-0.3, -0.25) is 4.79 Å². The smallest absolute Gasteiger partial charge is 0.258 e. The molecule has 0 bridgehead atoms. The van der Waals surface area contributed by atoms with Crippen LogP contribution in [0.25, 0.3) is 0 Å². The highest BCUT2D eigenvalue weighted by molar-refractivity contribution is 9.10. The van der Waals surface area contributed by atoms with Crippen LogP contribution in [-0.4, -0.2) is 32.8 Å². The van der Waals surface area contributed by atoms with Crippen molar-refractivity contribution in [1.82, 2.24) is 5.32 Å².